The zero-order valence-electron chi connectivity index (χ0n) is 7.53. The highest BCUT2D eigenvalue weighted by atomic mass is 16.4. The quantitative estimate of drug-likeness (QED) is 0.657. The van der Waals surface area contributed by atoms with E-state index in [0.29, 0.717) is 11.5 Å². The molecule has 0 bridgehead atoms. The number of carboxylic acid groups (broad SMARTS) is 1. The molecule has 0 aliphatic carbocycles. The summed E-state index contributed by atoms with van der Waals surface area (Å²) in [5.74, 6) is -0.512. The van der Waals surface area contributed by atoms with Gasteiger partial charge in [0.2, 0.25) is 5.82 Å². The lowest BCUT2D eigenvalue weighted by Gasteiger charge is -1.98. The Balaban J connectivity index is 2.19. The number of rotatable bonds is 4. The van der Waals surface area contributed by atoms with Gasteiger partial charge in [-0.05, 0) is 10.4 Å². The number of aromatic amines is 1. The lowest BCUT2D eigenvalue weighted by Crippen LogP contribution is -2.07. The van der Waals surface area contributed by atoms with Crippen molar-refractivity contribution in [2.24, 2.45) is 0 Å². The van der Waals surface area contributed by atoms with E-state index >= 15 is 0 Å². The zero-order chi connectivity index (χ0) is 10.7. The molecule has 0 spiro atoms. The minimum atomic E-state index is -0.906. The van der Waals surface area contributed by atoms with Gasteiger partial charge in [-0.15, -0.1) is 5.10 Å². The average molecular weight is 209 g/mol. The first-order valence-corrected chi connectivity index (χ1v) is 4.11. The molecule has 0 atom stereocenters. The molecular formula is C6H7N7O2. The number of H-pyrrole nitrogens is 1. The van der Waals surface area contributed by atoms with Gasteiger partial charge in [-0.1, -0.05) is 0 Å². The van der Waals surface area contributed by atoms with Crippen LogP contribution in [0.15, 0.2) is 6.20 Å². The normalized spacial score (nSPS) is 10.4. The summed E-state index contributed by atoms with van der Waals surface area (Å²) in [6.45, 7) is 0.199. The van der Waals surface area contributed by atoms with Crippen LogP contribution in [-0.2, 0) is 11.3 Å². The molecule has 0 saturated carbocycles. The molecule has 9 heteroatoms. The number of hydrogen-bond acceptors (Lipinski definition) is 6. The fourth-order valence-electron chi connectivity index (χ4n) is 1.05. The number of carbonyl (C=O) groups is 1. The van der Waals surface area contributed by atoms with Crippen LogP contribution >= 0.6 is 0 Å². The first-order valence-electron chi connectivity index (χ1n) is 4.11. The van der Waals surface area contributed by atoms with Crippen molar-refractivity contribution in [2.75, 3.05) is 0 Å². The van der Waals surface area contributed by atoms with Gasteiger partial charge in [0.15, 0.2) is 5.69 Å². The van der Waals surface area contributed by atoms with Crippen LogP contribution in [0.3, 0.4) is 0 Å². The molecule has 0 fully saturated rings. The Morgan fingerprint density at radius 3 is 3.13 bits per heavy atom. The van der Waals surface area contributed by atoms with Crippen molar-refractivity contribution in [3.63, 3.8) is 0 Å². The lowest BCUT2D eigenvalue weighted by atomic mass is 10.4. The van der Waals surface area contributed by atoms with Crippen LogP contribution in [-0.4, -0.2) is 46.7 Å². The van der Waals surface area contributed by atoms with Crippen LogP contribution in [0.2, 0.25) is 0 Å². The number of hydrogen-bond donors (Lipinski definition) is 2. The third kappa shape index (κ3) is 1.95. The van der Waals surface area contributed by atoms with Gasteiger partial charge in [0.05, 0.1) is 19.2 Å². The molecule has 2 heterocycles. The highest BCUT2D eigenvalue weighted by Gasteiger charge is 2.11. The maximum Gasteiger partial charge on any atom is 0.305 e. The predicted octanol–water partition coefficient (Wildman–Crippen LogP) is -1.07. The molecule has 0 aromatic carbocycles. The maximum atomic E-state index is 10.4. The van der Waals surface area contributed by atoms with Crippen molar-refractivity contribution in [3.8, 4) is 11.5 Å². The van der Waals surface area contributed by atoms with E-state index in [1.807, 2.05) is 0 Å². The van der Waals surface area contributed by atoms with E-state index in [1.54, 1.807) is 0 Å². The first kappa shape index (κ1) is 9.24. The first-order chi connectivity index (χ1) is 7.27. The molecular weight excluding hydrogens is 202 g/mol. The average Bonchev–Trinajstić information content (AvgIpc) is 2.85. The molecule has 9 nitrogen and oxygen atoms in total. The van der Waals surface area contributed by atoms with Gasteiger partial charge in [0.25, 0.3) is 0 Å². The van der Waals surface area contributed by atoms with Crippen molar-refractivity contribution >= 4 is 5.97 Å². The number of aromatic nitrogens is 7. The van der Waals surface area contributed by atoms with E-state index in [9.17, 15) is 4.79 Å². The van der Waals surface area contributed by atoms with E-state index in [-0.39, 0.29) is 13.0 Å². The Morgan fingerprint density at radius 2 is 2.47 bits per heavy atom. The second-order valence-corrected chi connectivity index (χ2v) is 2.72. The van der Waals surface area contributed by atoms with Crippen molar-refractivity contribution in [3.05, 3.63) is 6.20 Å². The summed E-state index contributed by atoms with van der Waals surface area (Å²) in [5.41, 5.74) is 0.477. The number of aliphatic carboxylic acids is 1. The van der Waals surface area contributed by atoms with Gasteiger partial charge in [0, 0.05) is 0 Å². The Labute approximate surface area is 83.1 Å². The Kier molecular flexibility index (Phi) is 2.35. The van der Waals surface area contributed by atoms with Crippen molar-refractivity contribution in [2.45, 2.75) is 13.0 Å². The van der Waals surface area contributed by atoms with E-state index in [1.165, 1.54) is 10.9 Å². The Hall–Kier alpha value is -2.32. The molecule has 0 aliphatic heterocycles. The number of carboxylic acids is 1. The topological polar surface area (TPSA) is 122 Å². The third-order valence-corrected chi connectivity index (χ3v) is 1.71. The highest BCUT2D eigenvalue weighted by Crippen LogP contribution is 2.09. The molecule has 0 amide bonds. The minimum absolute atomic E-state index is 0.0457. The van der Waals surface area contributed by atoms with Gasteiger partial charge in [0.1, 0.15) is 0 Å². The van der Waals surface area contributed by atoms with E-state index < -0.39 is 5.97 Å². The smallest absolute Gasteiger partial charge is 0.305 e. The van der Waals surface area contributed by atoms with Crippen LogP contribution in [0.25, 0.3) is 11.5 Å². The van der Waals surface area contributed by atoms with E-state index in [4.69, 9.17) is 5.11 Å². The van der Waals surface area contributed by atoms with Crippen LogP contribution in [0, 0.1) is 0 Å². The molecule has 78 valence electrons. The van der Waals surface area contributed by atoms with E-state index in [0.717, 1.165) is 0 Å². The molecule has 0 aliphatic rings. The second-order valence-electron chi connectivity index (χ2n) is 2.72. The number of aryl methyl sites for hydroxylation is 1. The van der Waals surface area contributed by atoms with Crippen LogP contribution < -0.4 is 0 Å². The number of tetrazole rings is 1. The third-order valence-electron chi connectivity index (χ3n) is 1.71. The summed E-state index contributed by atoms with van der Waals surface area (Å²) >= 11 is 0. The summed E-state index contributed by atoms with van der Waals surface area (Å²) in [4.78, 5) is 10.4. The monoisotopic (exact) mass is 209 g/mol. The van der Waals surface area contributed by atoms with Gasteiger partial charge >= 0.3 is 5.97 Å². The molecule has 0 radical (unpaired) electrons. The predicted molar refractivity (Wildman–Crippen MR) is 45.4 cm³/mol. The molecule has 2 aromatic rings. The SMILES string of the molecule is O=C(O)CCn1nnnc1-c1cn[nH]n1. The van der Waals surface area contributed by atoms with Crippen LogP contribution in [0.1, 0.15) is 6.42 Å². The van der Waals surface area contributed by atoms with Gasteiger partial charge in [-0.25, -0.2) is 4.68 Å². The minimum Gasteiger partial charge on any atom is -0.481 e. The van der Waals surface area contributed by atoms with Gasteiger partial charge in [-0.3, -0.25) is 4.79 Å². The fourth-order valence-corrected chi connectivity index (χ4v) is 1.05. The highest BCUT2D eigenvalue weighted by molar-refractivity contribution is 5.66. The summed E-state index contributed by atoms with van der Waals surface area (Å²) in [6.07, 6.45) is 1.42. The summed E-state index contributed by atoms with van der Waals surface area (Å²) in [5, 5.41) is 29.2. The van der Waals surface area contributed by atoms with Crippen LogP contribution in [0.4, 0.5) is 0 Å². The largest absolute Gasteiger partial charge is 0.481 e. The molecule has 2 N–H and O–H groups in total. The number of nitrogens with one attached hydrogen (secondary N) is 1. The van der Waals surface area contributed by atoms with Crippen molar-refractivity contribution < 1.29 is 9.90 Å². The Bertz CT molecular complexity index is 448. The van der Waals surface area contributed by atoms with Crippen LogP contribution in [0.5, 0.6) is 0 Å². The van der Waals surface area contributed by atoms with Crippen molar-refractivity contribution in [1.29, 1.82) is 0 Å². The summed E-state index contributed by atoms with van der Waals surface area (Å²) < 4.78 is 1.37. The molecule has 0 unspecified atom stereocenters. The zero-order valence-corrected chi connectivity index (χ0v) is 7.53. The standard InChI is InChI=1S/C6H7N7O2/c14-5(15)1-2-13-6(9-11-12-13)4-3-7-10-8-4/h3H,1-2H2,(H,14,15)(H,7,8,10). The lowest BCUT2D eigenvalue weighted by molar-refractivity contribution is -0.137. The maximum absolute atomic E-state index is 10.4. The summed E-state index contributed by atoms with van der Waals surface area (Å²) in [6, 6.07) is 0. The van der Waals surface area contributed by atoms with E-state index in [2.05, 4.69) is 30.9 Å². The van der Waals surface area contributed by atoms with Gasteiger partial charge in [-0.2, -0.15) is 15.4 Å². The molecule has 2 aromatic heterocycles. The molecule has 2 rings (SSSR count). The summed E-state index contributed by atoms with van der Waals surface area (Å²) in [7, 11) is 0. The molecule has 15 heavy (non-hydrogen) atoms. The fraction of sp³-hybridized carbons (Fsp3) is 0.333. The van der Waals surface area contributed by atoms with Gasteiger partial charge < -0.3 is 5.11 Å². The van der Waals surface area contributed by atoms with Crippen molar-refractivity contribution in [1.82, 2.24) is 35.6 Å². The Morgan fingerprint density at radius 1 is 1.60 bits per heavy atom. The molecule has 0 saturated heterocycles. The second kappa shape index (κ2) is 3.82. The number of nitrogens with zero attached hydrogens (tertiary/aromatic N) is 6.